The van der Waals surface area contributed by atoms with Crippen molar-refractivity contribution >= 4 is 23.3 Å². The first-order chi connectivity index (χ1) is 15.3. The van der Waals surface area contributed by atoms with Crippen LogP contribution in [0.15, 0.2) is 60.5 Å². The normalized spacial score (nSPS) is 14.3. The van der Waals surface area contributed by atoms with Crippen molar-refractivity contribution in [3.63, 3.8) is 0 Å². The van der Waals surface area contributed by atoms with Crippen LogP contribution in [0.5, 0.6) is 5.75 Å². The molecule has 9 heteroatoms. The maximum absolute atomic E-state index is 13.9. The van der Waals surface area contributed by atoms with Crippen molar-refractivity contribution < 1.29 is 23.1 Å². The van der Waals surface area contributed by atoms with Crippen molar-refractivity contribution in [3.05, 3.63) is 66.0 Å². The third-order valence-corrected chi connectivity index (χ3v) is 4.96. The summed E-state index contributed by atoms with van der Waals surface area (Å²) >= 11 is 0. The molecular formula is C23H22F2N4O3. The lowest BCUT2D eigenvalue weighted by molar-refractivity contribution is -0.121. The number of benzene rings is 1. The number of rotatable bonds is 6. The SMILES string of the molecule is C=C/C(F)=C(C(=O)Nc1cnc(-c2cc3c(cc2CC)OCC(=O)N3C)cn1)\C(F)=C/C. The quantitative estimate of drug-likeness (QED) is 0.535. The van der Waals surface area contributed by atoms with E-state index in [9.17, 15) is 18.4 Å². The van der Waals surface area contributed by atoms with Crippen molar-refractivity contribution in [2.24, 2.45) is 0 Å². The highest BCUT2D eigenvalue weighted by Gasteiger charge is 2.25. The van der Waals surface area contributed by atoms with Crippen LogP contribution in [0.2, 0.25) is 0 Å². The van der Waals surface area contributed by atoms with Gasteiger partial charge in [0, 0.05) is 12.6 Å². The Balaban J connectivity index is 1.92. The predicted molar refractivity (Wildman–Crippen MR) is 118 cm³/mol. The van der Waals surface area contributed by atoms with Crippen molar-refractivity contribution in [2.45, 2.75) is 20.3 Å². The van der Waals surface area contributed by atoms with Gasteiger partial charge in [-0.1, -0.05) is 19.6 Å². The first kappa shape index (κ1) is 22.8. The van der Waals surface area contributed by atoms with Crippen LogP contribution >= 0.6 is 0 Å². The number of halogens is 2. The van der Waals surface area contributed by atoms with Gasteiger partial charge in [-0.25, -0.2) is 13.8 Å². The minimum atomic E-state index is -1.09. The Labute approximate surface area is 184 Å². The zero-order valence-electron chi connectivity index (χ0n) is 17.9. The van der Waals surface area contributed by atoms with E-state index in [4.69, 9.17) is 4.74 Å². The molecule has 1 N–H and O–H groups in total. The van der Waals surface area contributed by atoms with Gasteiger partial charge in [-0.3, -0.25) is 14.6 Å². The number of nitrogens with zero attached hydrogens (tertiary/aromatic N) is 3. The minimum Gasteiger partial charge on any atom is -0.482 e. The third-order valence-electron chi connectivity index (χ3n) is 4.96. The monoisotopic (exact) mass is 440 g/mol. The number of aryl methyl sites for hydroxylation is 1. The van der Waals surface area contributed by atoms with Gasteiger partial charge in [-0.05, 0) is 37.1 Å². The Morgan fingerprint density at radius 1 is 1.31 bits per heavy atom. The second-order valence-electron chi connectivity index (χ2n) is 6.88. The molecule has 0 atom stereocenters. The number of carbonyl (C=O) groups excluding carboxylic acids is 2. The molecule has 0 unspecified atom stereocenters. The Hall–Kier alpha value is -3.88. The lowest BCUT2D eigenvalue weighted by atomic mass is 10.00. The molecule has 32 heavy (non-hydrogen) atoms. The molecule has 0 saturated carbocycles. The summed E-state index contributed by atoms with van der Waals surface area (Å²) in [5.74, 6) is -2.67. The van der Waals surface area contributed by atoms with Crippen molar-refractivity contribution in [2.75, 3.05) is 23.9 Å². The number of amides is 2. The summed E-state index contributed by atoms with van der Waals surface area (Å²) < 4.78 is 33.4. The van der Waals surface area contributed by atoms with Crippen LogP contribution in [0.25, 0.3) is 11.3 Å². The van der Waals surface area contributed by atoms with Gasteiger partial charge in [-0.15, -0.1) is 0 Å². The van der Waals surface area contributed by atoms with Crippen LogP contribution in [0.3, 0.4) is 0 Å². The fourth-order valence-corrected chi connectivity index (χ4v) is 3.18. The second kappa shape index (κ2) is 9.51. The molecule has 1 aromatic heterocycles. The third kappa shape index (κ3) is 4.41. The minimum absolute atomic E-state index is 0.0170. The van der Waals surface area contributed by atoms with E-state index in [1.165, 1.54) is 24.2 Å². The first-order valence-electron chi connectivity index (χ1n) is 9.85. The van der Waals surface area contributed by atoms with Crippen LogP contribution < -0.4 is 15.0 Å². The number of aromatic nitrogens is 2. The first-order valence-corrected chi connectivity index (χ1v) is 9.85. The molecule has 1 aromatic carbocycles. The van der Waals surface area contributed by atoms with Crippen molar-refractivity contribution in [1.82, 2.24) is 9.97 Å². The molecule has 0 bridgehead atoms. The molecule has 166 valence electrons. The maximum atomic E-state index is 13.9. The average molecular weight is 440 g/mol. The smallest absolute Gasteiger partial charge is 0.264 e. The molecule has 0 fully saturated rings. The van der Waals surface area contributed by atoms with Crippen LogP contribution in [0, 0.1) is 0 Å². The Bertz CT molecular complexity index is 1140. The van der Waals surface area contributed by atoms with Gasteiger partial charge in [0.15, 0.2) is 12.4 Å². The molecule has 2 amide bonds. The molecular weight excluding hydrogens is 418 g/mol. The van der Waals surface area contributed by atoms with Gasteiger partial charge in [-0.2, -0.15) is 0 Å². The fourth-order valence-electron chi connectivity index (χ4n) is 3.18. The van der Waals surface area contributed by atoms with Gasteiger partial charge in [0.05, 0.1) is 23.8 Å². The van der Waals surface area contributed by atoms with Crippen LogP contribution in [-0.2, 0) is 16.0 Å². The number of carbonyl (C=O) groups is 2. The summed E-state index contributed by atoms with van der Waals surface area (Å²) in [6.45, 7) is 6.52. The lowest BCUT2D eigenvalue weighted by Crippen LogP contribution is -2.35. The zero-order chi connectivity index (χ0) is 23.4. The van der Waals surface area contributed by atoms with Gasteiger partial charge >= 0.3 is 0 Å². The summed E-state index contributed by atoms with van der Waals surface area (Å²) in [6.07, 6.45) is 5.12. The Morgan fingerprint density at radius 2 is 2.06 bits per heavy atom. The number of allylic oxidation sites excluding steroid dienone is 3. The van der Waals surface area contributed by atoms with E-state index in [0.29, 0.717) is 23.6 Å². The maximum Gasteiger partial charge on any atom is 0.264 e. The summed E-state index contributed by atoms with van der Waals surface area (Å²) in [5.41, 5.74) is 2.03. The Morgan fingerprint density at radius 3 is 2.66 bits per heavy atom. The highest BCUT2D eigenvalue weighted by Crippen LogP contribution is 2.37. The molecule has 3 rings (SSSR count). The molecule has 2 aromatic rings. The summed E-state index contributed by atoms with van der Waals surface area (Å²) in [7, 11) is 1.67. The van der Waals surface area contributed by atoms with E-state index >= 15 is 0 Å². The number of anilines is 2. The Kier molecular flexibility index (Phi) is 6.77. The number of likely N-dealkylation sites (N-methyl/N-ethyl adjacent to an activating group) is 1. The summed E-state index contributed by atoms with van der Waals surface area (Å²) in [5, 5.41) is 2.33. The molecule has 1 aliphatic heterocycles. The van der Waals surface area contributed by atoms with Gasteiger partial charge in [0.1, 0.15) is 23.0 Å². The van der Waals surface area contributed by atoms with E-state index < -0.39 is 23.1 Å². The van der Waals surface area contributed by atoms with E-state index in [1.807, 2.05) is 13.0 Å². The molecule has 0 radical (unpaired) electrons. The van der Waals surface area contributed by atoms with E-state index in [1.54, 1.807) is 13.1 Å². The number of nitrogens with one attached hydrogen (secondary N) is 1. The largest absolute Gasteiger partial charge is 0.482 e. The second-order valence-corrected chi connectivity index (χ2v) is 6.88. The van der Waals surface area contributed by atoms with Gasteiger partial charge < -0.3 is 15.0 Å². The van der Waals surface area contributed by atoms with Gasteiger partial charge in [0.2, 0.25) is 0 Å². The van der Waals surface area contributed by atoms with Crippen molar-refractivity contribution in [1.29, 1.82) is 0 Å². The number of ether oxygens (including phenoxy) is 1. The summed E-state index contributed by atoms with van der Waals surface area (Å²) in [6, 6.07) is 3.66. The highest BCUT2D eigenvalue weighted by atomic mass is 19.1. The van der Waals surface area contributed by atoms with Crippen LogP contribution in [0.4, 0.5) is 20.3 Å². The van der Waals surface area contributed by atoms with Gasteiger partial charge in [0.25, 0.3) is 11.8 Å². The molecule has 7 nitrogen and oxygen atoms in total. The number of hydrogen-bond acceptors (Lipinski definition) is 5. The zero-order valence-corrected chi connectivity index (χ0v) is 17.9. The summed E-state index contributed by atoms with van der Waals surface area (Å²) in [4.78, 5) is 34.3. The highest BCUT2D eigenvalue weighted by molar-refractivity contribution is 6.06. The molecule has 0 aliphatic carbocycles. The van der Waals surface area contributed by atoms with E-state index in [2.05, 4.69) is 21.9 Å². The standard InChI is InChI=1S/C23H22F2N4O3/c1-5-13-8-19-18(29(4)21(30)12-32-19)9-14(13)17-10-27-20(11-26-17)28-23(31)22(15(24)6-2)16(25)7-3/h6-11H,2,5,12H2,1,3-4H3,(H,27,28,31)/b16-7+,22-15-. The lowest BCUT2D eigenvalue weighted by Gasteiger charge is -2.27. The van der Waals surface area contributed by atoms with E-state index in [-0.39, 0.29) is 18.3 Å². The van der Waals surface area contributed by atoms with Crippen LogP contribution in [-0.4, -0.2) is 35.4 Å². The number of fused-ring (bicyclic) bond motifs is 1. The predicted octanol–water partition coefficient (Wildman–Crippen LogP) is 4.28. The fraction of sp³-hybridized carbons (Fsp3) is 0.217. The molecule has 1 aliphatic rings. The molecule has 0 spiro atoms. The molecule has 0 saturated heterocycles. The number of hydrogen-bond donors (Lipinski definition) is 1. The average Bonchev–Trinajstić information content (AvgIpc) is 2.81. The van der Waals surface area contributed by atoms with E-state index in [0.717, 1.165) is 23.3 Å². The molecule has 2 heterocycles. The van der Waals surface area contributed by atoms with Crippen molar-refractivity contribution in [3.8, 4) is 17.0 Å². The van der Waals surface area contributed by atoms with Crippen LogP contribution in [0.1, 0.15) is 19.4 Å². The topological polar surface area (TPSA) is 84.4 Å².